The second kappa shape index (κ2) is 6.16. The van der Waals surface area contributed by atoms with Crippen molar-refractivity contribution in [2.24, 2.45) is 0 Å². The molecule has 0 spiro atoms. The van der Waals surface area contributed by atoms with Crippen molar-refractivity contribution in [2.75, 3.05) is 0 Å². The smallest absolute Gasteiger partial charge is 0.258 e. The molecule has 0 saturated carbocycles. The zero-order valence-electron chi connectivity index (χ0n) is 11.3. The van der Waals surface area contributed by atoms with Crippen LogP contribution in [0.2, 0.25) is 15.3 Å². The minimum atomic E-state index is -0.528. The van der Waals surface area contributed by atoms with Crippen molar-refractivity contribution in [3.05, 3.63) is 67.9 Å². The molecular formula is C14H7Cl3N4O2. The molecule has 0 radical (unpaired) electrons. The van der Waals surface area contributed by atoms with Crippen molar-refractivity contribution >= 4 is 40.5 Å². The minimum absolute atomic E-state index is 0.0160. The predicted molar refractivity (Wildman–Crippen MR) is 88.5 cm³/mol. The van der Waals surface area contributed by atoms with Gasteiger partial charge in [-0.1, -0.05) is 35.3 Å². The maximum atomic E-state index is 10.9. The fourth-order valence-corrected chi connectivity index (χ4v) is 2.61. The van der Waals surface area contributed by atoms with Gasteiger partial charge >= 0.3 is 0 Å². The van der Waals surface area contributed by atoms with Gasteiger partial charge in [0.25, 0.3) is 5.69 Å². The average Bonchev–Trinajstić information content (AvgIpc) is 2.89. The van der Waals surface area contributed by atoms with Gasteiger partial charge in [0.05, 0.1) is 20.7 Å². The van der Waals surface area contributed by atoms with Gasteiger partial charge in [-0.25, -0.2) is 4.68 Å². The molecule has 0 aliphatic carbocycles. The molecule has 6 nitrogen and oxygen atoms in total. The van der Waals surface area contributed by atoms with Gasteiger partial charge in [-0.2, -0.15) is 4.98 Å². The Morgan fingerprint density at radius 2 is 1.78 bits per heavy atom. The molecule has 9 heteroatoms. The lowest BCUT2D eigenvalue weighted by Gasteiger charge is -2.04. The molecule has 23 heavy (non-hydrogen) atoms. The average molecular weight is 370 g/mol. The molecule has 0 bridgehead atoms. The SMILES string of the molecule is O=[N+]([O-])c1ccc(Cl)c(-n2nc(-c3ccccc3Cl)nc2Cl)c1. The van der Waals surface area contributed by atoms with E-state index in [1.807, 2.05) is 0 Å². The molecule has 0 saturated heterocycles. The number of nitro benzene ring substituents is 1. The van der Waals surface area contributed by atoms with Crippen LogP contribution in [0.15, 0.2) is 42.5 Å². The first-order valence-corrected chi connectivity index (χ1v) is 7.42. The molecule has 3 rings (SSSR count). The minimum Gasteiger partial charge on any atom is -0.258 e. The number of rotatable bonds is 3. The molecule has 0 aliphatic heterocycles. The lowest BCUT2D eigenvalue weighted by molar-refractivity contribution is -0.384. The van der Waals surface area contributed by atoms with E-state index in [1.54, 1.807) is 24.3 Å². The molecule has 0 unspecified atom stereocenters. The molecule has 0 aliphatic rings. The Bertz CT molecular complexity index is 911. The highest BCUT2D eigenvalue weighted by Gasteiger charge is 2.18. The third kappa shape index (κ3) is 3.01. The van der Waals surface area contributed by atoms with E-state index in [2.05, 4.69) is 10.1 Å². The summed E-state index contributed by atoms with van der Waals surface area (Å²) in [7, 11) is 0. The van der Waals surface area contributed by atoms with Crippen LogP contribution in [-0.2, 0) is 0 Å². The molecule has 0 atom stereocenters. The Labute approximate surface area is 145 Å². The van der Waals surface area contributed by atoms with Crippen LogP contribution in [0, 0.1) is 10.1 Å². The fraction of sp³-hybridized carbons (Fsp3) is 0. The first kappa shape index (κ1) is 15.7. The molecule has 116 valence electrons. The van der Waals surface area contributed by atoms with E-state index < -0.39 is 4.92 Å². The van der Waals surface area contributed by atoms with Crippen LogP contribution in [0.5, 0.6) is 0 Å². The highest BCUT2D eigenvalue weighted by molar-refractivity contribution is 6.34. The lowest BCUT2D eigenvalue weighted by Crippen LogP contribution is -1.99. The van der Waals surface area contributed by atoms with Gasteiger partial charge in [-0.05, 0) is 29.8 Å². The number of hydrogen-bond acceptors (Lipinski definition) is 4. The molecule has 1 aromatic heterocycles. The van der Waals surface area contributed by atoms with Crippen molar-refractivity contribution < 1.29 is 4.92 Å². The van der Waals surface area contributed by atoms with Gasteiger partial charge < -0.3 is 0 Å². The van der Waals surface area contributed by atoms with Gasteiger partial charge in [0.1, 0.15) is 0 Å². The number of benzene rings is 2. The summed E-state index contributed by atoms with van der Waals surface area (Å²) in [5, 5.41) is 15.9. The quantitative estimate of drug-likeness (QED) is 0.491. The summed E-state index contributed by atoms with van der Waals surface area (Å²) in [4.78, 5) is 14.5. The maximum absolute atomic E-state index is 10.9. The van der Waals surface area contributed by atoms with E-state index >= 15 is 0 Å². The van der Waals surface area contributed by atoms with Crippen molar-refractivity contribution in [3.8, 4) is 17.1 Å². The Kier molecular flexibility index (Phi) is 4.21. The number of halogens is 3. The highest BCUT2D eigenvalue weighted by atomic mass is 35.5. The summed E-state index contributed by atoms with van der Waals surface area (Å²) in [6.45, 7) is 0. The summed E-state index contributed by atoms with van der Waals surface area (Å²) in [5.41, 5.74) is 0.725. The zero-order valence-corrected chi connectivity index (χ0v) is 13.5. The van der Waals surface area contributed by atoms with E-state index in [0.717, 1.165) is 0 Å². The lowest BCUT2D eigenvalue weighted by atomic mass is 10.2. The van der Waals surface area contributed by atoms with Crippen molar-refractivity contribution in [2.45, 2.75) is 0 Å². The number of non-ortho nitro benzene ring substituents is 1. The number of nitrogens with zero attached hydrogens (tertiary/aromatic N) is 4. The van der Waals surface area contributed by atoms with Crippen LogP contribution >= 0.6 is 34.8 Å². The normalized spacial score (nSPS) is 10.7. The van der Waals surface area contributed by atoms with Crippen molar-refractivity contribution in [1.29, 1.82) is 0 Å². The summed E-state index contributed by atoms with van der Waals surface area (Å²) in [5.74, 6) is 0.295. The summed E-state index contributed by atoms with van der Waals surface area (Å²) >= 11 is 18.3. The Morgan fingerprint density at radius 1 is 1.04 bits per heavy atom. The second-order valence-corrected chi connectivity index (χ2v) is 5.64. The van der Waals surface area contributed by atoms with Gasteiger partial charge in [-0.15, -0.1) is 5.10 Å². The molecule has 1 heterocycles. The van der Waals surface area contributed by atoms with E-state index in [4.69, 9.17) is 34.8 Å². The van der Waals surface area contributed by atoms with Crippen LogP contribution < -0.4 is 0 Å². The van der Waals surface area contributed by atoms with Crippen LogP contribution in [0.25, 0.3) is 17.1 Å². The standard InChI is InChI=1S/C14H7Cl3N4O2/c15-10-4-2-1-3-9(10)13-18-14(17)20(19-13)12-7-8(21(22)23)5-6-11(12)16/h1-7H. The second-order valence-electron chi connectivity index (χ2n) is 4.49. The zero-order chi connectivity index (χ0) is 16.6. The number of hydrogen-bond donors (Lipinski definition) is 0. The van der Waals surface area contributed by atoms with Crippen molar-refractivity contribution in [3.63, 3.8) is 0 Å². The van der Waals surface area contributed by atoms with E-state index in [1.165, 1.54) is 22.9 Å². The molecular weight excluding hydrogens is 363 g/mol. The number of nitro groups is 1. The Hall–Kier alpha value is -2.15. The van der Waals surface area contributed by atoms with Crippen molar-refractivity contribution in [1.82, 2.24) is 14.8 Å². The van der Waals surface area contributed by atoms with Crippen LogP contribution in [-0.4, -0.2) is 19.7 Å². The summed E-state index contributed by atoms with van der Waals surface area (Å²) in [6, 6.07) is 11.0. The largest absolute Gasteiger partial charge is 0.271 e. The highest BCUT2D eigenvalue weighted by Crippen LogP contribution is 2.30. The summed E-state index contributed by atoms with van der Waals surface area (Å²) < 4.78 is 1.23. The Morgan fingerprint density at radius 3 is 2.48 bits per heavy atom. The third-order valence-electron chi connectivity index (χ3n) is 3.05. The summed E-state index contributed by atoms with van der Waals surface area (Å²) in [6.07, 6.45) is 0. The van der Waals surface area contributed by atoms with Gasteiger partial charge in [0.2, 0.25) is 5.28 Å². The first-order valence-electron chi connectivity index (χ1n) is 6.29. The third-order valence-corrected chi connectivity index (χ3v) is 3.94. The fourth-order valence-electron chi connectivity index (χ4n) is 1.98. The van der Waals surface area contributed by atoms with E-state index in [0.29, 0.717) is 16.4 Å². The first-order chi connectivity index (χ1) is 11.0. The number of aromatic nitrogens is 3. The molecule has 0 amide bonds. The van der Waals surface area contributed by atoms with Crippen LogP contribution in [0.1, 0.15) is 0 Å². The van der Waals surface area contributed by atoms with Gasteiger partial charge in [0.15, 0.2) is 5.82 Å². The Balaban J connectivity index is 2.14. The van der Waals surface area contributed by atoms with Gasteiger partial charge in [0, 0.05) is 17.7 Å². The van der Waals surface area contributed by atoms with Crippen LogP contribution in [0.3, 0.4) is 0 Å². The monoisotopic (exact) mass is 368 g/mol. The molecule has 0 fully saturated rings. The van der Waals surface area contributed by atoms with Crippen LogP contribution in [0.4, 0.5) is 5.69 Å². The van der Waals surface area contributed by atoms with E-state index in [-0.39, 0.29) is 21.7 Å². The van der Waals surface area contributed by atoms with E-state index in [9.17, 15) is 10.1 Å². The maximum Gasteiger partial charge on any atom is 0.271 e. The van der Waals surface area contributed by atoms with Gasteiger partial charge in [-0.3, -0.25) is 10.1 Å². The predicted octanol–water partition coefficient (Wildman–Crippen LogP) is 4.80. The molecule has 0 N–H and O–H groups in total. The topological polar surface area (TPSA) is 73.8 Å². The molecule has 2 aromatic carbocycles. The molecule has 3 aromatic rings.